The number of amides is 2. The second-order valence-electron chi connectivity index (χ2n) is 2.33. The predicted molar refractivity (Wildman–Crippen MR) is 48.8 cm³/mol. The summed E-state index contributed by atoms with van der Waals surface area (Å²) in [5.41, 5.74) is 0.725. The van der Waals surface area contributed by atoms with Crippen molar-refractivity contribution in [1.29, 1.82) is 0 Å². The van der Waals surface area contributed by atoms with E-state index in [4.69, 9.17) is 4.74 Å². The fourth-order valence-electron chi connectivity index (χ4n) is 1.000. The first-order valence-corrected chi connectivity index (χ1v) is 4.25. The molecule has 1 atom stereocenters. The van der Waals surface area contributed by atoms with Crippen molar-refractivity contribution in [3.05, 3.63) is 22.4 Å². The van der Waals surface area contributed by atoms with E-state index in [1.54, 1.807) is 11.4 Å². The predicted octanol–water partition coefficient (Wildman–Crippen LogP) is 0.407. The van der Waals surface area contributed by atoms with Crippen LogP contribution in [0.4, 0.5) is 4.79 Å². The maximum atomic E-state index is 11.0. The van der Waals surface area contributed by atoms with Crippen LogP contribution in [0.1, 0.15) is 11.7 Å². The summed E-state index contributed by atoms with van der Waals surface area (Å²) < 4.78 is 4.73. The number of hydrogen-bond donors (Lipinski definition) is 1. The number of hydrogen-bond acceptors (Lipinski definition) is 4. The molecular formula is C7H6NNaO3S. The van der Waals surface area contributed by atoms with Gasteiger partial charge in [0.05, 0.1) is 0 Å². The van der Waals surface area contributed by atoms with Crippen LogP contribution in [0.2, 0.25) is 0 Å². The average molecular weight is 207 g/mol. The zero-order valence-corrected chi connectivity index (χ0v) is 6.76. The molecule has 1 aromatic heterocycles. The van der Waals surface area contributed by atoms with E-state index < -0.39 is 18.1 Å². The molecule has 0 aromatic carbocycles. The Balaban J connectivity index is 0.000000845. The molecule has 64 valence electrons. The van der Waals surface area contributed by atoms with Crippen molar-refractivity contribution in [2.24, 2.45) is 0 Å². The van der Waals surface area contributed by atoms with Crippen LogP contribution in [0.3, 0.4) is 0 Å². The van der Waals surface area contributed by atoms with Gasteiger partial charge in [-0.15, -0.1) is 0 Å². The number of imide groups is 1. The van der Waals surface area contributed by atoms with E-state index in [0.717, 1.165) is 5.56 Å². The third-order valence-electron chi connectivity index (χ3n) is 1.53. The van der Waals surface area contributed by atoms with Crippen LogP contribution < -0.4 is 5.32 Å². The standard InChI is InChI=1S/C7H5NO3S.Na.H/c9-6-5(11-7(10)8-6)4-1-2-12-3-4;;/h1-3,5H,(H,8,9,10);;. The second-order valence-corrected chi connectivity index (χ2v) is 3.11. The van der Waals surface area contributed by atoms with E-state index in [2.05, 4.69) is 5.32 Å². The number of cyclic esters (lactones) is 1. The molecule has 2 rings (SSSR count). The molecule has 2 heterocycles. The molecule has 1 aliphatic heterocycles. The molecule has 1 unspecified atom stereocenters. The summed E-state index contributed by atoms with van der Waals surface area (Å²) in [5, 5.41) is 5.67. The van der Waals surface area contributed by atoms with E-state index >= 15 is 0 Å². The van der Waals surface area contributed by atoms with Gasteiger partial charge in [-0.05, 0) is 16.8 Å². The third-order valence-corrected chi connectivity index (χ3v) is 2.24. The SMILES string of the molecule is O=C1NC(=O)C(c2ccsc2)O1.[NaH]. The van der Waals surface area contributed by atoms with Crippen molar-refractivity contribution < 1.29 is 14.3 Å². The van der Waals surface area contributed by atoms with Crippen molar-refractivity contribution in [3.63, 3.8) is 0 Å². The van der Waals surface area contributed by atoms with E-state index in [-0.39, 0.29) is 29.6 Å². The molecule has 1 aliphatic rings. The van der Waals surface area contributed by atoms with Gasteiger partial charge in [-0.3, -0.25) is 10.1 Å². The zero-order chi connectivity index (χ0) is 8.55. The van der Waals surface area contributed by atoms with Gasteiger partial charge in [-0.2, -0.15) is 11.3 Å². The minimum atomic E-state index is -0.747. The molecule has 2 amide bonds. The van der Waals surface area contributed by atoms with Crippen LogP contribution in [-0.2, 0) is 9.53 Å². The molecule has 0 bridgehead atoms. The van der Waals surface area contributed by atoms with Gasteiger partial charge in [0.2, 0.25) is 6.10 Å². The Morgan fingerprint density at radius 3 is 2.69 bits per heavy atom. The second kappa shape index (κ2) is 4.23. The van der Waals surface area contributed by atoms with Gasteiger partial charge in [0.1, 0.15) is 0 Å². The molecular weight excluding hydrogens is 201 g/mol. The quantitative estimate of drug-likeness (QED) is 0.678. The zero-order valence-electron chi connectivity index (χ0n) is 5.94. The Morgan fingerprint density at radius 2 is 2.23 bits per heavy atom. The summed E-state index contributed by atoms with van der Waals surface area (Å²) in [6.45, 7) is 0. The Bertz CT molecular complexity index is 324. The van der Waals surface area contributed by atoms with E-state index in [0.29, 0.717) is 0 Å². The van der Waals surface area contributed by atoms with Gasteiger partial charge in [0.15, 0.2) is 0 Å². The molecule has 13 heavy (non-hydrogen) atoms. The van der Waals surface area contributed by atoms with Crippen molar-refractivity contribution in [2.75, 3.05) is 0 Å². The number of carbonyl (C=O) groups excluding carboxylic acids is 2. The van der Waals surface area contributed by atoms with Crippen molar-refractivity contribution in [2.45, 2.75) is 6.10 Å². The molecule has 0 saturated carbocycles. The number of thiophene rings is 1. The summed E-state index contributed by atoms with van der Waals surface area (Å²) in [6, 6.07) is 1.76. The normalized spacial score (nSPS) is 20.5. The molecule has 1 fully saturated rings. The van der Waals surface area contributed by atoms with Crippen LogP contribution in [0, 0.1) is 0 Å². The molecule has 1 N–H and O–H groups in total. The maximum absolute atomic E-state index is 11.0. The fourth-order valence-corrected chi connectivity index (χ4v) is 1.67. The molecule has 4 nitrogen and oxygen atoms in total. The number of nitrogens with one attached hydrogen (secondary N) is 1. The summed E-state index contributed by atoms with van der Waals surface area (Å²) in [4.78, 5) is 21.6. The van der Waals surface area contributed by atoms with Crippen molar-refractivity contribution in [1.82, 2.24) is 5.32 Å². The monoisotopic (exact) mass is 207 g/mol. The first kappa shape index (κ1) is 10.7. The van der Waals surface area contributed by atoms with E-state index in [9.17, 15) is 9.59 Å². The molecule has 0 spiro atoms. The molecule has 6 heteroatoms. The van der Waals surface area contributed by atoms with Gasteiger partial charge >= 0.3 is 35.7 Å². The summed E-state index contributed by atoms with van der Waals surface area (Å²) >= 11 is 1.46. The average Bonchev–Trinajstić information content (AvgIpc) is 2.58. The molecule has 1 saturated heterocycles. The fraction of sp³-hybridized carbons (Fsp3) is 0.143. The van der Waals surface area contributed by atoms with Crippen LogP contribution in [-0.4, -0.2) is 41.6 Å². The van der Waals surface area contributed by atoms with Crippen LogP contribution in [0.5, 0.6) is 0 Å². The van der Waals surface area contributed by atoms with Crippen molar-refractivity contribution in [3.8, 4) is 0 Å². The number of alkyl carbamates (subject to hydrolysis) is 1. The van der Waals surface area contributed by atoms with Gasteiger partial charge in [0.25, 0.3) is 5.91 Å². The van der Waals surface area contributed by atoms with E-state index in [1.165, 1.54) is 11.3 Å². The first-order valence-electron chi connectivity index (χ1n) is 3.31. The Morgan fingerprint density at radius 1 is 1.46 bits per heavy atom. The topological polar surface area (TPSA) is 55.4 Å². The van der Waals surface area contributed by atoms with Gasteiger partial charge in [0, 0.05) is 5.56 Å². The van der Waals surface area contributed by atoms with Gasteiger partial charge in [-0.25, -0.2) is 4.79 Å². The molecule has 0 radical (unpaired) electrons. The Kier molecular flexibility index (Phi) is 3.49. The van der Waals surface area contributed by atoms with Crippen LogP contribution in [0.15, 0.2) is 16.8 Å². The van der Waals surface area contributed by atoms with Gasteiger partial charge in [-0.1, -0.05) is 0 Å². The van der Waals surface area contributed by atoms with Gasteiger partial charge < -0.3 is 4.74 Å². The van der Waals surface area contributed by atoms with E-state index in [1.807, 2.05) is 5.38 Å². The summed E-state index contributed by atoms with van der Waals surface area (Å²) in [7, 11) is 0. The number of ether oxygens (including phenoxy) is 1. The molecule has 0 aliphatic carbocycles. The summed E-state index contributed by atoms with van der Waals surface area (Å²) in [6.07, 6.45) is -1.42. The number of rotatable bonds is 1. The molecule has 1 aromatic rings. The minimum absolute atomic E-state index is 0. The number of carbonyl (C=O) groups is 2. The summed E-state index contributed by atoms with van der Waals surface area (Å²) in [5.74, 6) is -0.390. The van der Waals surface area contributed by atoms with Crippen LogP contribution >= 0.6 is 11.3 Å². The Hall–Kier alpha value is -0.360. The Labute approximate surface area is 101 Å². The third kappa shape index (κ3) is 2.11. The van der Waals surface area contributed by atoms with Crippen molar-refractivity contribution >= 4 is 52.9 Å². The van der Waals surface area contributed by atoms with Crippen LogP contribution in [0.25, 0.3) is 0 Å². The first-order chi connectivity index (χ1) is 5.77.